The Bertz CT molecular complexity index is 464. The Labute approximate surface area is 113 Å². The van der Waals surface area contributed by atoms with Crippen LogP contribution in [0.5, 0.6) is 5.88 Å². The van der Waals surface area contributed by atoms with Crippen molar-refractivity contribution in [3.05, 3.63) is 27.4 Å². The van der Waals surface area contributed by atoms with E-state index in [1.165, 1.54) is 0 Å². The van der Waals surface area contributed by atoms with Crippen molar-refractivity contribution in [1.82, 2.24) is 4.98 Å². The van der Waals surface area contributed by atoms with Gasteiger partial charge in [0.1, 0.15) is 11.8 Å². The second-order valence-electron chi connectivity index (χ2n) is 5.67. The molecule has 0 saturated heterocycles. The number of nitro groups is 1. The number of ether oxygens (including phenoxy) is 1. The van der Waals surface area contributed by atoms with Crippen LogP contribution in [0.25, 0.3) is 0 Å². The van der Waals surface area contributed by atoms with Gasteiger partial charge in [0.15, 0.2) is 0 Å². The number of aromatic nitrogens is 1. The molecule has 5 heteroatoms. The summed E-state index contributed by atoms with van der Waals surface area (Å²) < 4.78 is 5.71. The van der Waals surface area contributed by atoms with E-state index in [-0.39, 0.29) is 28.6 Å². The summed E-state index contributed by atoms with van der Waals surface area (Å²) in [5, 5.41) is 11.3. The van der Waals surface area contributed by atoms with Gasteiger partial charge in [-0.15, -0.1) is 0 Å². The third-order valence-electron chi connectivity index (χ3n) is 3.19. The van der Waals surface area contributed by atoms with Gasteiger partial charge in [-0.1, -0.05) is 27.7 Å². The topological polar surface area (TPSA) is 65.3 Å². The van der Waals surface area contributed by atoms with Gasteiger partial charge in [0.05, 0.1) is 4.92 Å². The van der Waals surface area contributed by atoms with Crippen LogP contribution >= 0.6 is 0 Å². The maximum absolute atomic E-state index is 11.3. The molecule has 1 aliphatic rings. The van der Waals surface area contributed by atoms with Gasteiger partial charge in [-0.2, -0.15) is 0 Å². The third kappa shape index (κ3) is 3.03. The summed E-state index contributed by atoms with van der Waals surface area (Å²) in [6.07, 6.45) is 2.34. The average Bonchev–Trinajstić information content (AvgIpc) is 3.11. The second kappa shape index (κ2) is 5.15. The Hall–Kier alpha value is -1.65. The Kier molecular flexibility index (Phi) is 3.73. The zero-order valence-electron chi connectivity index (χ0n) is 11.8. The van der Waals surface area contributed by atoms with E-state index in [0.29, 0.717) is 17.1 Å². The summed E-state index contributed by atoms with van der Waals surface area (Å²) in [5.41, 5.74) is 1.37. The molecule has 1 aliphatic carbocycles. The maximum Gasteiger partial charge on any atom is 0.294 e. The normalized spacial score (nSPS) is 15.1. The average molecular weight is 264 g/mol. The minimum absolute atomic E-state index is 0.000605. The highest BCUT2D eigenvalue weighted by molar-refractivity contribution is 5.49. The van der Waals surface area contributed by atoms with Crippen molar-refractivity contribution in [3.63, 3.8) is 0 Å². The number of rotatable bonds is 5. The van der Waals surface area contributed by atoms with Crippen LogP contribution in [0.1, 0.15) is 63.6 Å². The van der Waals surface area contributed by atoms with Crippen molar-refractivity contribution >= 4 is 5.69 Å². The Morgan fingerprint density at radius 1 is 1.32 bits per heavy atom. The first-order chi connectivity index (χ1) is 8.90. The van der Waals surface area contributed by atoms with Crippen molar-refractivity contribution in [1.29, 1.82) is 0 Å². The predicted molar refractivity (Wildman–Crippen MR) is 72.7 cm³/mol. The summed E-state index contributed by atoms with van der Waals surface area (Å²) in [5.74, 6) is 0.601. The van der Waals surface area contributed by atoms with Gasteiger partial charge >= 0.3 is 0 Å². The van der Waals surface area contributed by atoms with E-state index < -0.39 is 0 Å². The van der Waals surface area contributed by atoms with Gasteiger partial charge in [-0.25, -0.2) is 4.98 Å². The van der Waals surface area contributed by atoms with Crippen molar-refractivity contribution in [2.75, 3.05) is 0 Å². The van der Waals surface area contributed by atoms with Crippen LogP contribution in [0.2, 0.25) is 0 Å². The summed E-state index contributed by atoms with van der Waals surface area (Å²) in [6.45, 7) is 7.74. The summed E-state index contributed by atoms with van der Waals surface area (Å²) in [6, 6.07) is 1.73. The van der Waals surface area contributed by atoms with E-state index in [1.807, 2.05) is 27.7 Å². The molecule has 1 aromatic rings. The lowest BCUT2D eigenvalue weighted by molar-refractivity contribution is -0.386. The standard InChI is InChI=1S/C14H20N2O3/c1-8(2)11-7-12(19-10-5-6-10)15-13(9(3)4)14(11)16(17)18/h7-10H,5-6H2,1-4H3. The lowest BCUT2D eigenvalue weighted by atomic mass is 9.97. The van der Waals surface area contributed by atoms with Crippen LogP contribution in [-0.2, 0) is 0 Å². The molecule has 0 amide bonds. The molecule has 0 atom stereocenters. The van der Waals surface area contributed by atoms with Crippen LogP contribution in [0.15, 0.2) is 6.07 Å². The molecule has 1 fully saturated rings. The fourth-order valence-corrected chi connectivity index (χ4v) is 2.01. The fraction of sp³-hybridized carbons (Fsp3) is 0.643. The van der Waals surface area contributed by atoms with Crippen molar-refractivity contribution in [2.45, 2.75) is 58.5 Å². The maximum atomic E-state index is 11.3. The minimum Gasteiger partial charge on any atom is -0.474 e. The smallest absolute Gasteiger partial charge is 0.294 e. The SMILES string of the molecule is CC(C)c1cc(OC2CC2)nc(C(C)C)c1[N+](=O)[O-]. The molecule has 0 bridgehead atoms. The molecule has 1 heterocycles. The van der Waals surface area contributed by atoms with Crippen LogP contribution in [0.4, 0.5) is 5.69 Å². The first-order valence-corrected chi connectivity index (χ1v) is 6.76. The number of hydrogen-bond acceptors (Lipinski definition) is 4. The van der Waals surface area contributed by atoms with Gasteiger partial charge in [0, 0.05) is 17.5 Å². The van der Waals surface area contributed by atoms with E-state index in [0.717, 1.165) is 12.8 Å². The number of nitrogens with zero attached hydrogens (tertiary/aromatic N) is 2. The molecule has 0 aliphatic heterocycles. The van der Waals surface area contributed by atoms with Gasteiger partial charge in [0.2, 0.25) is 5.88 Å². The largest absolute Gasteiger partial charge is 0.474 e. The van der Waals surface area contributed by atoms with Gasteiger partial charge < -0.3 is 4.74 Å². The Morgan fingerprint density at radius 3 is 2.37 bits per heavy atom. The molecule has 0 radical (unpaired) electrons. The quantitative estimate of drug-likeness (QED) is 0.599. The highest BCUT2D eigenvalue weighted by Crippen LogP contribution is 2.36. The van der Waals surface area contributed by atoms with E-state index in [4.69, 9.17) is 4.74 Å². The van der Waals surface area contributed by atoms with E-state index >= 15 is 0 Å². The molecule has 19 heavy (non-hydrogen) atoms. The minimum atomic E-state index is -0.321. The molecular weight excluding hydrogens is 244 g/mol. The second-order valence-corrected chi connectivity index (χ2v) is 5.67. The third-order valence-corrected chi connectivity index (χ3v) is 3.19. The first-order valence-electron chi connectivity index (χ1n) is 6.76. The molecule has 104 valence electrons. The van der Waals surface area contributed by atoms with Crippen LogP contribution in [-0.4, -0.2) is 16.0 Å². The summed E-state index contributed by atoms with van der Waals surface area (Å²) in [4.78, 5) is 15.4. The molecule has 0 unspecified atom stereocenters. The predicted octanol–water partition coefficient (Wildman–Crippen LogP) is 3.78. The van der Waals surface area contributed by atoms with Crippen molar-refractivity contribution in [3.8, 4) is 5.88 Å². The highest BCUT2D eigenvalue weighted by atomic mass is 16.6. The molecule has 0 N–H and O–H groups in total. The van der Waals surface area contributed by atoms with E-state index in [2.05, 4.69) is 4.98 Å². The van der Waals surface area contributed by atoms with Gasteiger partial charge in [0.25, 0.3) is 5.69 Å². The number of hydrogen-bond donors (Lipinski definition) is 0. The lowest BCUT2D eigenvalue weighted by Gasteiger charge is -2.14. The van der Waals surface area contributed by atoms with Gasteiger partial charge in [-0.05, 0) is 18.8 Å². The fourth-order valence-electron chi connectivity index (χ4n) is 2.01. The molecule has 0 aromatic carbocycles. The van der Waals surface area contributed by atoms with Crippen LogP contribution < -0.4 is 4.74 Å². The van der Waals surface area contributed by atoms with E-state index in [9.17, 15) is 10.1 Å². The monoisotopic (exact) mass is 264 g/mol. The Balaban J connectivity index is 2.52. The molecule has 1 aromatic heterocycles. The Morgan fingerprint density at radius 2 is 1.95 bits per heavy atom. The molecule has 2 rings (SSSR count). The summed E-state index contributed by atoms with van der Waals surface area (Å²) in [7, 11) is 0. The van der Waals surface area contributed by atoms with Crippen LogP contribution in [0, 0.1) is 10.1 Å². The lowest BCUT2D eigenvalue weighted by Crippen LogP contribution is -2.09. The molecular formula is C14H20N2O3. The van der Waals surface area contributed by atoms with Gasteiger partial charge in [-0.3, -0.25) is 10.1 Å². The van der Waals surface area contributed by atoms with Crippen LogP contribution in [0.3, 0.4) is 0 Å². The highest BCUT2D eigenvalue weighted by Gasteiger charge is 2.29. The molecule has 0 spiro atoms. The van der Waals surface area contributed by atoms with Crippen molar-refractivity contribution in [2.24, 2.45) is 0 Å². The molecule has 5 nitrogen and oxygen atoms in total. The first kappa shape index (κ1) is 13.8. The summed E-state index contributed by atoms with van der Waals surface area (Å²) >= 11 is 0. The zero-order chi connectivity index (χ0) is 14.2. The zero-order valence-corrected chi connectivity index (χ0v) is 11.8. The number of pyridine rings is 1. The molecule has 1 saturated carbocycles. The van der Waals surface area contributed by atoms with Crippen molar-refractivity contribution < 1.29 is 9.66 Å². The van der Waals surface area contributed by atoms with E-state index in [1.54, 1.807) is 6.07 Å².